The number of hydrogen-bond acceptors (Lipinski definition) is 5. The molecule has 2 aromatic carbocycles. The van der Waals surface area contributed by atoms with E-state index >= 15 is 0 Å². The monoisotopic (exact) mass is 466 g/mol. The molecule has 1 heterocycles. The maximum Gasteiger partial charge on any atom is 0.254 e. The number of carbonyl (C=O) groups excluding carboxylic acids is 2. The second kappa shape index (κ2) is 9.95. The summed E-state index contributed by atoms with van der Waals surface area (Å²) in [4.78, 5) is 31.3. The topological polar surface area (TPSA) is 68.3 Å². The van der Waals surface area contributed by atoms with Crippen LogP contribution in [0.15, 0.2) is 36.4 Å². The maximum absolute atomic E-state index is 14.2. The third-order valence-electron chi connectivity index (χ3n) is 7.37. The fourth-order valence-electron chi connectivity index (χ4n) is 5.40. The lowest BCUT2D eigenvalue weighted by atomic mass is 9.78. The van der Waals surface area contributed by atoms with E-state index in [-0.39, 0.29) is 17.9 Å². The first-order valence-electron chi connectivity index (χ1n) is 11.8. The highest BCUT2D eigenvalue weighted by atomic mass is 16.5. The zero-order valence-electron chi connectivity index (χ0n) is 20.7. The van der Waals surface area contributed by atoms with E-state index in [0.29, 0.717) is 22.6 Å². The van der Waals surface area contributed by atoms with Gasteiger partial charge in [0, 0.05) is 25.7 Å². The van der Waals surface area contributed by atoms with Gasteiger partial charge in [0.05, 0.1) is 33.3 Å². The predicted molar refractivity (Wildman–Crippen MR) is 130 cm³/mol. The molecule has 2 aliphatic rings. The van der Waals surface area contributed by atoms with Crippen LogP contribution in [0.5, 0.6) is 17.2 Å². The van der Waals surface area contributed by atoms with E-state index in [1.54, 1.807) is 45.4 Å². The van der Waals surface area contributed by atoms with Crippen LogP contribution in [-0.2, 0) is 4.79 Å². The van der Waals surface area contributed by atoms with Crippen LogP contribution in [0.4, 0.5) is 0 Å². The number of benzene rings is 2. The molecule has 2 aromatic rings. The molecule has 0 aromatic heterocycles. The fraction of sp³-hybridized carbons (Fsp3) is 0.481. The third-order valence-corrected chi connectivity index (χ3v) is 7.37. The van der Waals surface area contributed by atoms with Crippen molar-refractivity contribution in [3.63, 3.8) is 0 Å². The summed E-state index contributed by atoms with van der Waals surface area (Å²) >= 11 is 0. The Labute approximate surface area is 201 Å². The summed E-state index contributed by atoms with van der Waals surface area (Å²) in [5.74, 6) is 0.991. The number of hydrogen-bond donors (Lipinski definition) is 0. The average Bonchev–Trinajstić information content (AvgIpc) is 2.89. The highest BCUT2D eigenvalue weighted by molar-refractivity contribution is 6.02. The lowest BCUT2D eigenvalue weighted by molar-refractivity contribution is -0.135. The summed E-state index contributed by atoms with van der Waals surface area (Å²) < 4.78 is 16.3. The lowest BCUT2D eigenvalue weighted by Gasteiger charge is -2.43. The highest BCUT2D eigenvalue weighted by Crippen LogP contribution is 2.46. The molecule has 0 saturated heterocycles. The Morgan fingerprint density at radius 2 is 1.56 bits per heavy atom. The summed E-state index contributed by atoms with van der Waals surface area (Å²) in [6.45, 7) is 0. The molecule has 0 spiro atoms. The third kappa shape index (κ3) is 4.19. The van der Waals surface area contributed by atoms with Gasteiger partial charge in [0.25, 0.3) is 5.91 Å². The van der Waals surface area contributed by atoms with Crippen molar-refractivity contribution in [3.8, 4) is 17.2 Å². The Kier molecular flexibility index (Phi) is 7.00. The zero-order valence-corrected chi connectivity index (χ0v) is 20.7. The SMILES string of the molecule is COc1ccc([C@@H]2[C@H](C(=O)N(C)C3CCCCC3)c3cc(OC)c(OC)cc3C(=O)N2C)cc1. The van der Waals surface area contributed by atoms with E-state index in [2.05, 4.69) is 0 Å². The van der Waals surface area contributed by atoms with Crippen LogP contribution in [0, 0.1) is 0 Å². The normalized spacial score (nSPS) is 20.5. The second-order valence-electron chi connectivity index (χ2n) is 9.15. The van der Waals surface area contributed by atoms with Crippen molar-refractivity contribution in [1.29, 1.82) is 0 Å². The van der Waals surface area contributed by atoms with Crippen molar-refractivity contribution in [2.24, 2.45) is 0 Å². The molecule has 7 heteroatoms. The Morgan fingerprint density at radius 1 is 0.941 bits per heavy atom. The quantitative estimate of drug-likeness (QED) is 0.631. The summed E-state index contributed by atoms with van der Waals surface area (Å²) in [6, 6.07) is 10.8. The minimum atomic E-state index is -0.571. The predicted octanol–water partition coefficient (Wildman–Crippen LogP) is 4.41. The molecular formula is C27H34N2O5. The second-order valence-corrected chi connectivity index (χ2v) is 9.15. The van der Waals surface area contributed by atoms with Gasteiger partial charge in [-0.05, 0) is 48.2 Å². The van der Waals surface area contributed by atoms with Gasteiger partial charge in [0.1, 0.15) is 5.75 Å². The number of ether oxygens (including phenoxy) is 3. The van der Waals surface area contributed by atoms with Crippen molar-refractivity contribution < 1.29 is 23.8 Å². The number of fused-ring (bicyclic) bond motifs is 1. The molecular weight excluding hydrogens is 432 g/mol. The average molecular weight is 467 g/mol. The van der Waals surface area contributed by atoms with E-state index < -0.39 is 12.0 Å². The molecule has 0 bridgehead atoms. The minimum Gasteiger partial charge on any atom is -0.497 e. The first kappa shape index (κ1) is 23.9. The van der Waals surface area contributed by atoms with E-state index in [1.165, 1.54) is 6.42 Å². The van der Waals surface area contributed by atoms with Gasteiger partial charge < -0.3 is 24.0 Å². The van der Waals surface area contributed by atoms with Crippen LogP contribution in [0.2, 0.25) is 0 Å². The van der Waals surface area contributed by atoms with Crippen molar-refractivity contribution >= 4 is 11.8 Å². The molecule has 0 unspecified atom stereocenters. The van der Waals surface area contributed by atoms with E-state index in [0.717, 1.165) is 37.0 Å². The Bertz CT molecular complexity index is 1050. The smallest absolute Gasteiger partial charge is 0.254 e. The molecule has 4 rings (SSSR count). The zero-order chi connectivity index (χ0) is 24.4. The Morgan fingerprint density at radius 3 is 2.15 bits per heavy atom. The molecule has 182 valence electrons. The summed E-state index contributed by atoms with van der Waals surface area (Å²) in [6.07, 6.45) is 5.50. The molecule has 2 amide bonds. The van der Waals surface area contributed by atoms with Crippen LogP contribution < -0.4 is 14.2 Å². The van der Waals surface area contributed by atoms with Crippen LogP contribution >= 0.6 is 0 Å². The Balaban J connectivity index is 1.85. The van der Waals surface area contributed by atoms with E-state index in [9.17, 15) is 9.59 Å². The number of carbonyl (C=O) groups is 2. The van der Waals surface area contributed by atoms with Crippen molar-refractivity contribution in [1.82, 2.24) is 9.80 Å². The van der Waals surface area contributed by atoms with Gasteiger partial charge in [-0.25, -0.2) is 0 Å². The van der Waals surface area contributed by atoms with Gasteiger partial charge >= 0.3 is 0 Å². The molecule has 34 heavy (non-hydrogen) atoms. The molecule has 1 fully saturated rings. The summed E-state index contributed by atoms with van der Waals surface area (Å²) in [7, 11) is 8.39. The molecule has 1 saturated carbocycles. The van der Waals surface area contributed by atoms with Crippen molar-refractivity contribution in [3.05, 3.63) is 53.1 Å². The minimum absolute atomic E-state index is 0.0144. The highest BCUT2D eigenvalue weighted by Gasteiger charge is 2.45. The molecule has 1 aliphatic carbocycles. The van der Waals surface area contributed by atoms with Gasteiger partial charge in [-0.1, -0.05) is 31.4 Å². The lowest BCUT2D eigenvalue weighted by Crippen LogP contribution is -2.48. The molecule has 2 atom stereocenters. The molecule has 1 aliphatic heterocycles. The van der Waals surface area contributed by atoms with Crippen molar-refractivity contribution in [2.75, 3.05) is 35.4 Å². The Hall–Kier alpha value is -3.22. The standard InChI is InChI=1S/C27H34N2O5/c1-28(18-9-7-6-8-10-18)27(31)24-20-15-22(33-4)23(34-5)16-21(20)26(30)29(2)25(24)17-11-13-19(32-3)14-12-17/h11-16,18,24-25H,6-10H2,1-5H3/t24-,25-/m1/s1. The van der Waals surface area contributed by atoms with Crippen LogP contribution in [-0.4, -0.2) is 63.1 Å². The fourth-order valence-corrected chi connectivity index (χ4v) is 5.40. The first-order chi connectivity index (χ1) is 16.4. The van der Waals surface area contributed by atoms with E-state index in [4.69, 9.17) is 14.2 Å². The van der Waals surface area contributed by atoms with Crippen LogP contribution in [0.25, 0.3) is 0 Å². The number of methoxy groups -OCH3 is 3. The molecule has 7 nitrogen and oxygen atoms in total. The summed E-state index contributed by atoms with van der Waals surface area (Å²) in [5, 5.41) is 0. The van der Waals surface area contributed by atoms with Gasteiger partial charge in [-0.2, -0.15) is 0 Å². The first-order valence-corrected chi connectivity index (χ1v) is 11.8. The van der Waals surface area contributed by atoms with Gasteiger partial charge in [0.15, 0.2) is 11.5 Å². The number of rotatable bonds is 6. The number of likely N-dealkylation sites (N-methyl/N-ethyl adjacent to an activating group) is 2. The van der Waals surface area contributed by atoms with Gasteiger partial charge in [-0.3, -0.25) is 9.59 Å². The summed E-state index contributed by atoms with van der Waals surface area (Å²) in [5.41, 5.74) is 2.03. The number of amides is 2. The van der Waals surface area contributed by atoms with Crippen LogP contribution in [0.3, 0.4) is 0 Å². The van der Waals surface area contributed by atoms with Crippen molar-refractivity contribution in [2.45, 2.75) is 50.1 Å². The van der Waals surface area contributed by atoms with Crippen LogP contribution in [0.1, 0.15) is 65.5 Å². The van der Waals surface area contributed by atoms with E-state index in [1.807, 2.05) is 36.2 Å². The van der Waals surface area contributed by atoms with Gasteiger partial charge in [0.2, 0.25) is 5.91 Å². The molecule has 0 radical (unpaired) electrons. The largest absolute Gasteiger partial charge is 0.497 e. The number of nitrogens with zero attached hydrogens (tertiary/aromatic N) is 2. The molecule has 0 N–H and O–H groups in total. The van der Waals surface area contributed by atoms with Gasteiger partial charge in [-0.15, -0.1) is 0 Å². The maximum atomic E-state index is 14.2.